The standard InChI is InChI=1S/C17H29N3O/c1-13(2)10-20(11-14(3)4)12-17(21)19-16-7-5-15(9-18)6-8-16/h5-8,13-14H,9-12,18H2,1-4H3,(H,19,21). The number of anilines is 1. The van der Waals surface area contributed by atoms with Crippen LogP contribution in [-0.4, -0.2) is 30.4 Å². The summed E-state index contributed by atoms with van der Waals surface area (Å²) in [4.78, 5) is 14.4. The Morgan fingerprint density at radius 2 is 1.62 bits per heavy atom. The van der Waals surface area contributed by atoms with E-state index in [1.165, 1.54) is 0 Å². The van der Waals surface area contributed by atoms with Crippen molar-refractivity contribution in [3.8, 4) is 0 Å². The molecule has 0 aliphatic rings. The molecule has 1 amide bonds. The molecule has 0 atom stereocenters. The molecule has 3 N–H and O–H groups in total. The fraction of sp³-hybridized carbons (Fsp3) is 0.588. The topological polar surface area (TPSA) is 58.4 Å². The number of benzene rings is 1. The van der Waals surface area contributed by atoms with E-state index in [0.29, 0.717) is 24.9 Å². The van der Waals surface area contributed by atoms with Gasteiger partial charge in [0.2, 0.25) is 5.91 Å². The summed E-state index contributed by atoms with van der Waals surface area (Å²) in [6.45, 7) is 11.6. The van der Waals surface area contributed by atoms with Crippen molar-refractivity contribution in [2.45, 2.75) is 34.2 Å². The van der Waals surface area contributed by atoms with Crippen LogP contribution in [0.3, 0.4) is 0 Å². The Bertz CT molecular complexity index is 416. The molecule has 21 heavy (non-hydrogen) atoms. The molecule has 4 nitrogen and oxygen atoms in total. The van der Waals surface area contributed by atoms with E-state index in [0.717, 1.165) is 24.3 Å². The van der Waals surface area contributed by atoms with Crippen LogP contribution in [-0.2, 0) is 11.3 Å². The van der Waals surface area contributed by atoms with Crippen molar-refractivity contribution in [2.24, 2.45) is 17.6 Å². The van der Waals surface area contributed by atoms with Gasteiger partial charge in [-0.25, -0.2) is 0 Å². The summed E-state index contributed by atoms with van der Waals surface area (Å²) in [7, 11) is 0. The molecule has 0 bridgehead atoms. The van der Waals surface area contributed by atoms with Gasteiger partial charge in [-0.1, -0.05) is 39.8 Å². The summed E-state index contributed by atoms with van der Waals surface area (Å²) in [5.41, 5.74) is 7.46. The third-order valence-electron chi connectivity index (χ3n) is 3.09. The molecule has 0 fully saturated rings. The van der Waals surface area contributed by atoms with Gasteiger partial charge in [0.15, 0.2) is 0 Å². The monoisotopic (exact) mass is 291 g/mol. The van der Waals surface area contributed by atoms with E-state index in [9.17, 15) is 4.79 Å². The molecule has 0 aromatic heterocycles. The first-order valence-corrected chi connectivity index (χ1v) is 7.72. The predicted octanol–water partition coefficient (Wildman–Crippen LogP) is 2.70. The number of nitrogens with one attached hydrogen (secondary N) is 1. The van der Waals surface area contributed by atoms with Crippen LogP contribution in [0.25, 0.3) is 0 Å². The third kappa shape index (κ3) is 7.25. The normalized spacial score (nSPS) is 11.4. The minimum absolute atomic E-state index is 0.0387. The molecule has 1 aromatic rings. The Morgan fingerprint density at radius 1 is 1.10 bits per heavy atom. The first kappa shape index (κ1) is 17.7. The zero-order chi connectivity index (χ0) is 15.8. The van der Waals surface area contributed by atoms with E-state index in [-0.39, 0.29) is 5.91 Å². The van der Waals surface area contributed by atoms with Gasteiger partial charge in [-0.2, -0.15) is 0 Å². The van der Waals surface area contributed by atoms with E-state index in [4.69, 9.17) is 5.73 Å². The van der Waals surface area contributed by atoms with Crippen molar-refractivity contribution in [3.05, 3.63) is 29.8 Å². The van der Waals surface area contributed by atoms with Crippen LogP contribution in [0, 0.1) is 11.8 Å². The number of hydrogen-bond donors (Lipinski definition) is 2. The van der Waals surface area contributed by atoms with Crippen molar-refractivity contribution in [2.75, 3.05) is 25.0 Å². The molecule has 0 aliphatic heterocycles. The fourth-order valence-corrected chi connectivity index (χ4v) is 2.36. The zero-order valence-electron chi connectivity index (χ0n) is 13.7. The highest BCUT2D eigenvalue weighted by atomic mass is 16.2. The lowest BCUT2D eigenvalue weighted by Gasteiger charge is -2.25. The fourth-order valence-electron chi connectivity index (χ4n) is 2.36. The first-order valence-electron chi connectivity index (χ1n) is 7.72. The molecule has 0 aliphatic carbocycles. The molecule has 0 heterocycles. The molecular formula is C17H29N3O. The summed E-state index contributed by atoms with van der Waals surface area (Å²) >= 11 is 0. The van der Waals surface area contributed by atoms with Crippen molar-refractivity contribution in [1.82, 2.24) is 4.90 Å². The highest BCUT2D eigenvalue weighted by Gasteiger charge is 2.13. The Morgan fingerprint density at radius 3 is 2.05 bits per heavy atom. The average Bonchev–Trinajstić information content (AvgIpc) is 2.37. The van der Waals surface area contributed by atoms with Gasteiger partial charge >= 0.3 is 0 Å². The molecule has 1 aromatic carbocycles. The third-order valence-corrected chi connectivity index (χ3v) is 3.09. The van der Waals surface area contributed by atoms with Crippen LogP contribution in [0.4, 0.5) is 5.69 Å². The van der Waals surface area contributed by atoms with Gasteiger partial charge in [0.25, 0.3) is 0 Å². The van der Waals surface area contributed by atoms with Gasteiger partial charge < -0.3 is 11.1 Å². The second-order valence-corrected chi connectivity index (χ2v) is 6.43. The maximum Gasteiger partial charge on any atom is 0.238 e. The lowest BCUT2D eigenvalue weighted by Crippen LogP contribution is -2.38. The van der Waals surface area contributed by atoms with Gasteiger partial charge in [-0.15, -0.1) is 0 Å². The lowest BCUT2D eigenvalue weighted by atomic mass is 10.1. The Balaban J connectivity index is 2.55. The Hall–Kier alpha value is -1.39. The quantitative estimate of drug-likeness (QED) is 0.774. The summed E-state index contributed by atoms with van der Waals surface area (Å²) in [6, 6.07) is 7.68. The molecule has 0 unspecified atom stereocenters. The maximum atomic E-state index is 12.2. The second kappa shape index (κ2) is 8.80. The van der Waals surface area contributed by atoms with E-state index < -0.39 is 0 Å². The predicted molar refractivity (Wildman–Crippen MR) is 89.1 cm³/mol. The molecule has 1 rings (SSSR count). The summed E-state index contributed by atoms with van der Waals surface area (Å²) in [5.74, 6) is 1.15. The molecule has 0 radical (unpaired) electrons. The van der Waals surface area contributed by atoms with E-state index in [2.05, 4.69) is 37.9 Å². The van der Waals surface area contributed by atoms with Crippen LogP contribution >= 0.6 is 0 Å². The smallest absolute Gasteiger partial charge is 0.238 e. The van der Waals surface area contributed by atoms with Gasteiger partial charge in [-0.3, -0.25) is 9.69 Å². The molecular weight excluding hydrogens is 262 g/mol. The molecule has 0 saturated heterocycles. The highest BCUT2D eigenvalue weighted by molar-refractivity contribution is 5.92. The largest absolute Gasteiger partial charge is 0.326 e. The SMILES string of the molecule is CC(C)CN(CC(=O)Nc1ccc(CN)cc1)CC(C)C. The van der Waals surface area contributed by atoms with Crippen LogP contribution in [0.2, 0.25) is 0 Å². The number of hydrogen-bond acceptors (Lipinski definition) is 3. The van der Waals surface area contributed by atoms with Gasteiger partial charge in [-0.05, 0) is 29.5 Å². The number of carbonyl (C=O) groups is 1. The molecule has 4 heteroatoms. The van der Waals surface area contributed by atoms with Gasteiger partial charge in [0.05, 0.1) is 6.54 Å². The van der Waals surface area contributed by atoms with E-state index in [1.807, 2.05) is 24.3 Å². The summed E-state index contributed by atoms with van der Waals surface area (Å²) in [5, 5.41) is 2.95. The minimum Gasteiger partial charge on any atom is -0.326 e. The van der Waals surface area contributed by atoms with Gasteiger partial charge in [0, 0.05) is 25.3 Å². The van der Waals surface area contributed by atoms with Crippen LogP contribution in [0.15, 0.2) is 24.3 Å². The first-order chi connectivity index (χ1) is 9.90. The van der Waals surface area contributed by atoms with E-state index >= 15 is 0 Å². The average molecular weight is 291 g/mol. The number of nitrogens with two attached hydrogens (primary N) is 1. The maximum absolute atomic E-state index is 12.2. The Labute approximate surface area is 128 Å². The number of rotatable bonds is 8. The van der Waals surface area contributed by atoms with Crippen molar-refractivity contribution in [1.29, 1.82) is 0 Å². The van der Waals surface area contributed by atoms with Crippen LogP contribution in [0.1, 0.15) is 33.3 Å². The number of carbonyl (C=O) groups excluding carboxylic acids is 1. The Kier molecular flexibility index (Phi) is 7.40. The summed E-state index contributed by atoms with van der Waals surface area (Å²) in [6.07, 6.45) is 0. The summed E-state index contributed by atoms with van der Waals surface area (Å²) < 4.78 is 0. The lowest BCUT2D eigenvalue weighted by molar-refractivity contribution is -0.117. The van der Waals surface area contributed by atoms with Crippen molar-refractivity contribution < 1.29 is 4.79 Å². The molecule has 0 spiro atoms. The second-order valence-electron chi connectivity index (χ2n) is 6.43. The van der Waals surface area contributed by atoms with Crippen molar-refractivity contribution >= 4 is 11.6 Å². The minimum atomic E-state index is 0.0387. The number of amides is 1. The van der Waals surface area contributed by atoms with E-state index in [1.54, 1.807) is 0 Å². The molecule has 118 valence electrons. The van der Waals surface area contributed by atoms with Gasteiger partial charge in [0.1, 0.15) is 0 Å². The zero-order valence-corrected chi connectivity index (χ0v) is 13.7. The van der Waals surface area contributed by atoms with Crippen LogP contribution in [0.5, 0.6) is 0 Å². The number of nitrogens with zero attached hydrogens (tertiary/aromatic N) is 1. The van der Waals surface area contributed by atoms with Crippen LogP contribution < -0.4 is 11.1 Å². The highest BCUT2D eigenvalue weighted by Crippen LogP contribution is 2.10. The molecule has 0 saturated carbocycles. The van der Waals surface area contributed by atoms with Crippen molar-refractivity contribution in [3.63, 3.8) is 0 Å².